The van der Waals surface area contributed by atoms with Crippen LogP contribution in [0, 0.1) is 37.3 Å². The maximum absolute atomic E-state index is 15.1. The van der Waals surface area contributed by atoms with Gasteiger partial charge in [-0.25, -0.2) is 28.7 Å². The van der Waals surface area contributed by atoms with E-state index in [0.29, 0.717) is 55.4 Å². The van der Waals surface area contributed by atoms with E-state index in [9.17, 15) is 9.59 Å². The summed E-state index contributed by atoms with van der Waals surface area (Å²) >= 11 is 0. The molecule has 8 aromatic heterocycles. The molecule has 72 heavy (non-hydrogen) atoms. The maximum atomic E-state index is 15.1. The van der Waals surface area contributed by atoms with Crippen molar-refractivity contribution in [3.8, 4) is 22.3 Å². The van der Waals surface area contributed by atoms with Crippen LogP contribution in [-0.2, 0) is 23.7 Å². The summed E-state index contributed by atoms with van der Waals surface area (Å²) in [5.41, 5.74) is 19.8. The quantitative estimate of drug-likeness (QED) is 0.0717. The van der Waals surface area contributed by atoms with Crippen LogP contribution in [-0.4, -0.2) is 71.2 Å². The number of fused-ring (bicyclic) bond motifs is 2. The highest BCUT2D eigenvalue weighted by atomic mass is 19.1. The highest BCUT2D eigenvalue weighted by Gasteiger charge is 2.58. The molecule has 0 radical (unpaired) electrons. The lowest BCUT2D eigenvalue weighted by molar-refractivity contribution is -0.118. The fourth-order valence-electron chi connectivity index (χ4n) is 10.0. The molecule has 2 saturated carbocycles. The third kappa shape index (κ3) is 8.20. The number of aryl methyl sites for hydroxylation is 4. The Bertz CT molecular complexity index is 3460. The number of hydrogen-bond donors (Lipinski definition) is 6. The molecule has 360 valence electrons. The molecular formula is C52H46F2N16O2. The van der Waals surface area contributed by atoms with E-state index in [1.807, 2.05) is 52.5 Å². The summed E-state index contributed by atoms with van der Waals surface area (Å²) in [7, 11) is 3.70. The molecule has 2 unspecified atom stereocenters. The molecule has 6 atom stereocenters. The number of nitrogens with zero attached hydrogens (tertiary/aromatic N) is 10. The van der Waals surface area contributed by atoms with Gasteiger partial charge in [-0.2, -0.15) is 10.2 Å². The molecule has 0 aliphatic heterocycles. The first kappa shape index (κ1) is 45.3. The standard InChI is InChI=1S/2C26H23FN8O/c2*1-13-3-4-29-8-17(13)16-5-14-6-20(31-9-18(14)25(28)24(16)27)34-26(36)23-21(15-7-33-35(2)11-15)22(23)19-10-30-12-32-19/h2*3-12,21-23H,28H2,1-2H3,(H,30,32)(H,31,34,36)/t2*21-,22?,23+/m10/s1. The van der Waals surface area contributed by atoms with Crippen LogP contribution in [0.2, 0.25) is 0 Å². The number of amides is 2. The van der Waals surface area contributed by atoms with E-state index in [1.54, 1.807) is 95.9 Å². The number of carbonyl (C=O) groups is 2. The number of nitrogens with one attached hydrogen (secondary N) is 4. The normalized spacial score (nSPS) is 18.9. The van der Waals surface area contributed by atoms with Crippen molar-refractivity contribution in [1.29, 1.82) is 0 Å². The highest BCUT2D eigenvalue weighted by Crippen LogP contribution is 2.61. The SMILES string of the molecule is Cc1ccncc1-c1cc2cc(NC(=O)[C@@H]3C(c4cnc[nH]4)[C@H]3c3cnn(C)c3)ncc2c(N)c1F.Cc1ccncc1-c1cc2cc(NC(=O)[C@H]3C(c4cnc[nH]4)[C@@H]3c3cnn(C)c3)ncc2c(N)c1F. The van der Waals surface area contributed by atoms with E-state index in [1.165, 1.54) is 12.4 Å². The van der Waals surface area contributed by atoms with Crippen LogP contribution in [0.25, 0.3) is 43.8 Å². The number of carbonyl (C=O) groups excluding carboxylic acids is 2. The van der Waals surface area contributed by atoms with E-state index in [0.717, 1.165) is 33.6 Å². The van der Waals surface area contributed by atoms with Crippen LogP contribution in [0.5, 0.6) is 0 Å². The van der Waals surface area contributed by atoms with Crippen molar-refractivity contribution in [2.75, 3.05) is 22.1 Å². The monoisotopic (exact) mass is 964 g/mol. The average molecular weight is 965 g/mol. The predicted molar refractivity (Wildman–Crippen MR) is 267 cm³/mol. The minimum atomic E-state index is -0.517. The summed E-state index contributed by atoms with van der Waals surface area (Å²) in [6.45, 7) is 3.78. The zero-order chi connectivity index (χ0) is 49.9. The summed E-state index contributed by atoms with van der Waals surface area (Å²) in [6.07, 6.45) is 23.7. The molecule has 20 heteroatoms. The minimum Gasteiger partial charge on any atom is -0.396 e. The van der Waals surface area contributed by atoms with E-state index in [4.69, 9.17) is 11.5 Å². The van der Waals surface area contributed by atoms with E-state index >= 15 is 8.78 Å². The van der Waals surface area contributed by atoms with Gasteiger partial charge >= 0.3 is 0 Å². The van der Waals surface area contributed by atoms with Crippen molar-refractivity contribution in [2.45, 2.75) is 37.5 Å². The van der Waals surface area contributed by atoms with Gasteiger partial charge in [-0.3, -0.25) is 28.9 Å². The fourth-order valence-corrected chi connectivity index (χ4v) is 10.0. The first-order valence-corrected chi connectivity index (χ1v) is 23.0. The Morgan fingerprint density at radius 3 is 1.36 bits per heavy atom. The van der Waals surface area contributed by atoms with Gasteiger partial charge in [0.05, 0.1) is 48.3 Å². The number of benzene rings is 2. The van der Waals surface area contributed by atoms with Crippen LogP contribution < -0.4 is 22.1 Å². The number of halogens is 2. The summed E-state index contributed by atoms with van der Waals surface area (Å²) in [5.74, 6) is -1.35. The molecule has 12 rings (SSSR count). The highest BCUT2D eigenvalue weighted by molar-refractivity contribution is 6.02. The topological polar surface area (TPSA) is 255 Å². The van der Waals surface area contributed by atoms with Gasteiger partial charge in [0.25, 0.3) is 0 Å². The van der Waals surface area contributed by atoms with Crippen molar-refractivity contribution in [2.24, 2.45) is 25.9 Å². The van der Waals surface area contributed by atoms with Crippen LogP contribution in [0.3, 0.4) is 0 Å². The minimum absolute atomic E-state index is 0.00859. The Kier molecular flexibility index (Phi) is 11.3. The average Bonchev–Trinajstić information content (AvgIpc) is 3.75. The Morgan fingerprint density at radius 2 is 1.00 bits per heavy atom. The third-order valence-electron chi connectivity index (χ3n) is 13.8. The van der Waals surface area contributed by atoms with Gasteiger partial charge in [-0.1, -0.05) is 0 Å². The van der Waals surface area contributed by atoms with Gasteiger partial charge < -0.3 is 32.1 Å². The van der Waals surface area contributed by atoms with E-state index in [-0.39, 0.29) is 58.7 Å². The first-order chi connectivity index (χ1) is 34.8. The molecule has 2 fully saturated rings. The molecule has 18 nitrogen and oxygen atoms in total. The van der Waals surface area contributed by atoms with Crippen LogP contribution in [0.15, 0.2) is 123 Å². The molecule has 2 amide bonds. The number of hydrogen-bond acceptors (Lipinski definition) is 12. The number of nitrogen functional groups attached to an aromatic ring is 2. The molecule has 10 aromatic rings. The molecule has 2 aromatic carbocycles. The van der Waals surface area contributed by atoms with Crippen LogP contribution in [0.1, 0.15) is 57.3 Å². The largest absolute Gasteiger partial charge is 0.396 e. The van der Waals surface area contributed by atoms with Crippen molar-refractivity contribution < 1.29 is 18.4 Å². The smallest absolute Gasteiger partial charge is 0.229 e. The number of aromatic amines is 2. The van der Waals surface area contributed by atoms with Crippen LogP contribution >= 0.6 is 0 Å². The van der Waals surface area contributed by atoms with Gasteiger partial charge in [-0.05, 0) is 83.3 Å². The van der Waals surface area contributed by atoms with Crippen molar-refractivity contribution in [3.05, 3.63) is 169 Å². The first-order valence-electron chi connectivity index (χ1n) is 23.0. The molecule has 2 aliphatic carbocycles. The fraction of sp³-hybridized carbons (Fsp3) is 0.192. The predicted octanol–water partition coefficient (Wildman–Crippen LogP) is 7.84. The summed E-state index contributed by atoms with van der Waals surface area (Å²) in [6, 6.07) is 10.5. The van der Waals surface area contributed by atoms with Gasteiger partial charge in [-0.15, -0.1) is 0 Å². The van der Waals surface area contributed by atoms with E-state index < -0.39 is 11.6 Å². The molecule has 8 heterocycles. The molecule has 2 aliphatic rings. The van der Waals surface area contributed by atoms with Gasteiger partial charge in [0.1, 0.15) is 11.6 Å². The second-order valence-corrected chi connectivity index (χ2v) is 18.3. The van der Waals surface area contributed by atoms with Crippen molar-refractivity contribution in [3.63, 3.8) is 0 Å². The second-order valence-electron chi connectivity index (χ2n) is 18.3. The lowest BCUT2D eigenvalue weighted by Crippen LogP contribution is -2.16. The zero-order valence-electron chi connectivity index (χ0n) is 39.2. The second kappa shape index (κ2) is 18.0. The number of aromatic nitrogens is 12. The molecule has 8 N–H and O–H groups in total. The number of imidazole rings is 2. The summed E-state index contributed by atoms with van der Waals surface area (Å²) in [4.78, 5) is 58.1. The molecule has 0 saturated heterocycles. The molecule has 0 spiro atoms. The number of nitrogens with two attached hydrogens (primary N) is 2. The Balaban J connectivity index is 0.000000156. The van der Waals surface area contributed by atoms with Gasteiger partial charge in [0.2, 0.25) is 11.8 Å². The Morgan fingerprint density at radius 1 is 0.569 bits per heavy atom. The third-order valence-corrected chi connectivity index (χ3v) is 13.8. The van der Waals surface area contributed by atoms with Gasteiger partial charge in [0.15, 0.2) is 11.6 Å². The van der Waals surface area contributed by atoms with Crippen molar-refractivity contribution in [1.82, 2.24) is 59.4 Å². The maximum Gasteiger partial charge on any atom is 0.229 e. The number of rotatable bonds is 10. The van der Waals surface area contributed by atoms with Gasteiger partial charge in [0, 0.05) is 144 Å². The summed E-state index contributed by atoms with van der Waals surface area (Å²) < 4.78 is 33.7. The Hall–Kier alpha value is -9.20. The lowest BCUT2D eigenvalue weighted by Gasteiger charge is -2.12. The van der Waals surface area contributed by atoms with Crippen LogP contribution in [0.4, 0.5) is 31.8 Å². The zero-order valence-corrected chi connectivity index (χ0v) is 39.2. The Labute approximate surface area is 409 Å². The number of anilines is 4. The van der Waals surface area contributed by atoms with Crippen molar-refractivity contribution >= 4 is 56.4 Å². The van der Waals surface area contributed by atoms with E-state index in [2.05, 4.69) is 60.7 Å². The number of H-pyrrole nitrogens is 2. The number of pyridine rings is 4. The lowest BCUT2D eigenvalue weighted by atomic mass is 9.98. The summed E-state index contributed by atoms with van der Waals surface area (Å²) in [5, 5.41) is 16.7. The molecular weight excluding hydrogens is 919 g/mol. The molecule has 0 bridgehead atoms.